The summed E-state index contributed by atoms with van der Waals surface area (Å²) in [6, 6.07) is 15.7. The van der Waals surface area contributed by atoms with E-state index in [0.29, 0.717) is 10.8 Å². The molecule has 0 unspecified atom stereocenters. The molecule has 0 aliphatic rings. The molecule has 3 rings (SSSR count). The van der Waals surface area contributed by atoms with E-state index in [1.807, 2.05) is 36.4 Å². The summed E-state index contributed by atoms with van der Waals surface area (Å²) in [7, 11) is 0. The second-order valence-electron chi connectivity index (χ2n) is 5.65. The molecule has 7 nitrogen and oxygen atoms in total. The predicted molar refractivity (Wildman–Crippen MR) is 104 cm³/mol. The molecule has 0 saturated carbocycles. The highest BCUT2D eigenvalue weighted by Gasteiger charge is 2.16. The average molecular weight is 390 g/mol. The van der Waals surface area contributed by atoms with E-state index in [1.165, 1.54) is 36.2 Å². The van der Waals surface area contributed by atoms with Crippen LogP contribution in [-0.2, 0) is 5.75 Å². The third-order valence-corrected chi connectivity index (χ3v) is 4.67. The first-order chi connectivity index (χ1) is 13.6. The molecule has 3 aromatic rings. The van der Waals surface area contributed by atoms with Crippen LogP contribution in [0, 0.1) is 11.3 Å². The molecule has 0 fully saturated rings. The highest BCUT2D eigenvalue weighted by molar-refractivity contribution is 7.98. The molecule has 1 aromatic heterocycles. The maximum Gasteiger partial charge on any atom is 0.337 e. The first kappa shape index (κ1) is 19.1. The summed E-state index contributed by atoms with van der Waals surface area (Å²) < 4.78 is 0. The molecule has 8 heteroatoms. The number of nitrogens with zero attached hydrogens (tertiary/aromatic N) is 3. The number of carbonyl (C=O) groups excluding carboxylic acids is 1. The zero-order valence-electron chi connectivity index (χ0n) is 14.5. The Morgan fingerprint density at radius 1 is 1.14 bits per heavy atom. The predicted octanol–water partition coefficient (Wildman–Crippen LogP) is 3.59. The molecule has 0 spiro atoms. The average Bonchev–Trinajstić information content (AvgIpc) is 2.73. The number of carbonyl (C=O) groups is 2. The Bertz CT molecular complexity index is 1060. The van der Waals surface area contributed by atoms with Crippen LogP contribution in [0.25, 0.3) is 0 Å². The van der Waals surface area contributed by atoms with E-state index in [2.05, 4.69) is 15.3 Å². The summed E-state index contributed by atoms with van der Waals surface area (Å²) in [6.45, 7) is 0. The van der Waals surface area contributed by atoms with Crippen molar-refractivity contribution in [3.8, 4) is 6.07 Å². The molecule has 28 heavy (non-hydrogen) atoms. The van der Waals surface area contributed by atoms with Crippen LogP contribution < -0.4 is 5.32 Å². The number of thioether (sulfide) groups is 1. The van der Waals surface area contributed by atoms with Crippen LogP contribution in [0.5, 0.6) is 0 Å². The molecule has 1 heterocycles. The first-order valence-electron chi connectivity index (χ1n) is 8.14. The molecular weight excluding hydrogens is 376 g/mol. The fourth-order valence-corrected chi connectivity index (χ4v) is 3.15. The van der Waals surface area contributed by atoms with Gasteiger partial charge in [0.2, 0.25) is 0 Å². The Morgan fingerprint density at radius 2 is 1.93 bits per heavy atom. The molecule has 2 N–H and O–H groups in total. The fourth-order valence-electron chi connectivity index (χ4n) is 2.34. The number of benzene rings is 2. The van der Waals surface area contributed by atoms with Gasteiger partial charge in [0.05, 0.1) is 35.3 Å². The molecule has 0 aliphatic heterocycles. The molecular formula is C20H14N4O3S. The summed E-state index contributed by atoms with van der Waals surface area (Å²) in [6.07, 6.45) is 2.88. The van der Waals surface area contributed by atoms with Crippen molar-refractivity contribution in [3.05, 3.63) is 83.3 Å². The van der Waals surface area contributed by atoms with Gasteiger partial charge in [0.15, 0.2) is 0 Å². The minimum Gasteiger partial charge on any atom is -0.478 e. The van der Waals surface area contributed by atoms with Gasteiger partial charge in [-0.1, -0.05) is 30.3 Å². The largest absolute Gasteiger partial charge is 0.478 e. The number of nitriles is 1. The number of amides is 1. The van der Waals surface area contributed by atoms with Crippen LogP contribution in [-0.4, -0.2) is 27.0 Å². The lowest BCUT2D eigenvalue weighted by Gasteiger charge is -2.09. The van der Waals surface area contributed by atoms with Crippen LogP contribution in [0.1, 0.15) is 32.0 Å². The summed E-state index contributed by atoms with van der Waals surface area (Å²) in [4.78, 5) is 32.2. The van der Waals surface area contributed by atoms with E-state index in [1.54, 1.807) is 6.20 Å². The Hall–Kier alpha value is -3.70. The standard InChI is InChI=1S/C20H14N4O3S/c21-9-14-6-7-16(15(8-14)20(26)27)24-19(25)17-10-22-11-18(23-17)28-12-13-4-2-1-3-5-13/h1-8,10-11H,12H2,(H,24,25)(H,26,27). The Labute approximate surface area is 165 Å². The summed E-state index contributed by atoms with van der Waals surface area (Å²) in [5, 5.41) is 21.3. The fraction of sp³-hybridized carbons (Fsp3) is 0.0500. The lowest BCUT2D eigenvalue weighted by atomic mass is 10.1. The maximum absolute atomic E-state index is 12.5. The number of nitrogens with one attached hydrogen (secondary N) is 1. The monoisotopic (exact) mass is 390 g/mol. The number of hydrogen-bond acceptors (Lipinski definition) is 6. The summed E-state index contributed by atoms with van der Waals surface area (Å²) >= 11 is 1.44. The van der Waals surface area contributed by atoms with E-state index in [0.717, 1.165) is 5.56 Å². The minimum absolute atomic E-state index is 0.0683. The van der Waals surface area contributed by atoms with Gasteiger partial charge in [-0.15, -0.1) is 11.8 Å². The Kier molecular flexibility index (Phi) is 5.99. The number of aromatic carboxylic acids is 1. The van der Waals surface area contributed by atoms with Crippen molar-refractivity contribution in [2.24, 2.45) is 0 Å². The van der Waals surface area contributed by atoms with Crippen molar-refractivity contribution in [2.45, 2.75) is 10.8 Å². The molecule has 0 atom stereocenters. The second kappa shape index (κ2) is 8.79. The molecule has 0 aliphatic carbocycles. The van der Waals surface area contributed by atoms with Crippen molar-refractivity contribution in [2.75, 3.05) is 5.32 Å². The number of aromatic nitrogens is 2. The number of carboxylic acids is 1. The number of carboxylic acid groups (broad SMARTS) is 1. The van der Waals surface area contributed by atoms with Gasteiger partial charge in [-0.2, -0.15) is 5.26 Å². The molecule has 0 saturated heterocycles. The van der Waals surface area contributed by atoms with Gasteiger partial charge in [0, 0.05) is 5.75 Å². The number of rotatable bonds is 6. The Morgan fingerprint density at radius 3 is 2.64 bits per heavy atom. The van der Waals surface area contributed by atoms with E-state index in [-0.39, 0.29) is 22.5 Å². The smallest absolute Gasteiger partial charge is 0.337 e. The topological polar surface area (TPSA) is 116 Å². The number of hydrogen-bond donors (Lipinski definition) is 2. The maximum atomic E-state index is 12.5. The zero-order valence-corrected chi connectivity index (χ0v) is 15.3. The molecule has 1 amide bonds. The van der Waals surface area contributed by atoms with Crippen molar-refractivity contribution >= 4 is 29.3 Å². The van der Waals surface area contributed by atoms with Crippen molar-refractivity contribution in [3.63, 3.8) is 0 Å². The van der Waals surface area contributed by atoms with Crippen molar-refractivity contribution in [1.82, 2.24) is 9.97 Å². The van der Waals surface area contributed by atoms with Gasteiger partial charge in [0.25, 0.3) is 5.91 Å². The van der Waals surface area contributed by atoms with E-state index in [4.69, 9.17) is 5.26 Å². The van der Waals surface area contributed by atoms with Crippen LogP contribution in [0.3, 0.4) is 0 Å². The lowest BCUT2D eigenvalue weighted by molar-refractivity contribution is 0.0698. The highest BCUT2D eigenvalue weighted by atomic mass is 32.2. The zero-order chi connectivity index (χ0) is 19.9. The first-order valence-corrected chi connectivity index (χ1v) is 9.13. The van der Waals surface area contributed by atoms with Gasteiger partial charge < -0.3 is 10.4 Å². The van der Waals surface area contributed by atoms with E-state index in [9.17, 15) is 14.7 Å². The molecule has 2 aromatic carbocycles. The van der Waals surface area contributed by atoms with E-state index < -0.39 is 11.9 Å². The van der Waals surface area contributed by atoms with Crippen LogP contribution >= 0.6 is 11.8 Å². The van der Waals surface area contributed by atoms with Crippen LogP contribution in [0.2, 0.25) is 0 Å². The third kappa shape index (κ3) is 4.72. The normalized spacial score (nSPS) is 10.1. The summed E-state index contributed by atoms with van der Waals surface area (Å²) in [5.74, 6) is -1.15. The van der Waals surface area contributed by atoms with Gasteiger partial charge in [0.1, 0.15) is 10.7 Å². The SMILES string of the molecule is N#Cc1ccc(NC(=O)c2cncc(SCc3ccccc3)n2)c(C(=O)O)c1. The Balaban J connectivity index is 1.75. The lowest BCUT2D eigenvalue weighted by Crippen LogP contribution is -2.16. The van der Waals surface area contributed by atoms with E-state index >= 15 is 0 Å². The summed E-state index contributed by atoms with van der Waals surface area (Å²) in [5.41, 5.74) is 1.29. The van der Waals surface area contributed by atoms with Gasteiger partial charge in [-0.25, -0.2) is 9.78 Å². The quantitative estimate of drug-likeness (QED) is 0.618. The van der Waals surface area contributed by atoms with Crippen LogP contribution in [0.15, 0.2) is 66.0 Å². The number of anilines is 1. The van der Waals surface area contributed by atoms with Gasteiger partial charge in [-0.3, -0.25) is 9.78 Å². The van der Waals surface area contributed by atoms with Gasteiger partial charge in [-0.05, 0) is 23.8 Å². The molecule has 0 radical (unpaired) electrons. The third-order valence-electron chi connectivity index (χ3n) is 3.70. The highest BCUT2D eigenvalue weighted by Crippen LogP contribution is 2.21. The molecule has 138 valence electrons. The van der Waals surface area contributed by atoms with Gasteiger partial charge >= 0.3 is 5.97 Å². The van der Waals surface area contributed by atoms with Crippen molar-refractivity contribution in [1.29, 1.82) is 5.26 Å². The second-order valence-corrected chi connectivity index (χ2v) is 6.64. The molecule has 0 bridgehead atoms. The van der Waals surface area contributed by atoms with Crippen molar-refractivity contribution < 1.29 is 14.7 Å². The minimum atomic E-state index is -1.24. The van der Waals surface area contributed by atoms with Crippen LogP contribution in [0.4, 0.5) is 5.69 Å².